The third-order valence-corrected chi connectivity index (χ3v) is 7.11. The van der Waals surface area contributed by atoms with Gasteiger partial charge in [0.2, 0.25) is 0 Å². The Morgan fingerprint density at radius 3 is 2.39 bits per heavy atom. The van der Waals surface area contributed by atoms with Gasteiger partial charge in [-0.2, -0.15) is 0 Å². The first-order chi connectivity index (χ1) is 18.3. The van der Waals surface area contributed by atoms with Crippen molar-refractivity contribution in [3.05, 3.63) is 93.5 Å². The molecule has 5 rings (SSSR count). The van der Waals surface area contributed by atoms with Crippen LogP contribution in [0.5, 0.6) is 11.5 Å². The molecule has 3 aromatic carbocycles. The molecule has 1 saturated heterocycles. The number of hydrogen-bond acceptors (Lipinski definition) is 9. The number of non-ortho nitro benzene ring substituents is 1. The standard InChI is InChI=1S/C27H21N3O7S/c1-3-37-18-10-6-16(7-11-18)24(31)22-23(15-4-8-17(9-5-15)30(34)35)29(26(33)25(22)32)27-28-20-13-12-19(36-2)14-21(20)38-27/h4-14,23,31H,3H2,1-2H3/b24-22+/t23-/m1/s1. The number of nitrogens with zero attached hydrogens (tertiary/aromatic N) is 3. The first kappa shape index (κ1) is 24.9. The van der Waals surface area contributed by atoms with E-state index in [1.165, 1.54) is 47.6 Å². The van der Waals surface area contributed by atoms with Gasteiger partial charge in [-0.05, 0) is 67.1 Å². The van der Waals surface area contributed by atoms with E-state index < -0.39 is 22.7 Å². The van der Waals surface area contributed by atoms with E-state index in [0.717, 1.165) is 4.70 Å². The monoisotopic (exact) mass is 531 g/mol. The van der Waals surface area contributed by atoms with E-state index in [4.69, 9.17) is 9.47 Å². The van der Waals surface area contributed by atoms with Gasteiger partial charge in [0.15, 0.2) is 5.13 Å². The molecule has 2 heterocycles. The molecule has 0 bridgehead atoms. The van der Waals surface area contributed by atoms with Crippen LogP contribution in [-0.2, 0) is 9.59 Å². The van der Waals surface area contributed by atoms with E-state index in [0.29, 0.717) is 34.7 Å². The summed E-state index contributed by atoms with van der Waals surface area (Å²) in [6.45, 7) is 2.31. The van der Waals surface area contributed by atoms with Crippen LogP contribution in [0.4, 0.5) is 10.8 Å². The number of rotatable bonds is 7. The average molecular weight is 532 g/mol. The maximum Gasteiger partial charge on any atom is 0.301 e. The molecular weight excluding hydrogens is 510 g/mol. The number of anilines is 1. The van der Waals surface area contributed by atoms with E-state index in [1.54, 1.807) is 42.5 Å². The molecule has 0 aliphatic carbocycles. The van der Waals surface area contributed by atoms with Gasteiger partial charge in [0.1, 0.15) is 17.3 Å². The number of ketones is 1. The van der Waals surface area contributed by atoms with E-state index >= 15 is 0 Å². The van der Waals surface area contributed by atoms with Crippen molar-refractivity contribution in [3.63, 3.8) is 0 Å². The summed E-state index contributed by atoms with van der Waals surface area (Å²) in [6, 6.07) is 16.2. The number of Topliss-reactive ketones (excluding diaryl/α,β-unsaturated/α-hetero) is 1. The molecule has 1 fully saturated rings. The summed E-state index contributed by atoms with van der Waals surface area (Å²) in [4.78, 5) is 43.2. The summed E-state index contributed by atoms with van der Waals surface area (Å²) in [5, 5.41) is 22.7. The SMILES string of the molecule is CCOc1ccc(/C(O)=C2\C(=O)C(=O)N(c3nc4ccc(OC)cc4s3)[C@@H]2c2ccc([N+](=O)[O-])cc2)cc1. The second-order valence-electron chi connectivity index (χ2n) is 8.31. The van der Waals surface area contributed by atoms with Crippen molar-refractivity contribution in [2.45, 2.75) is 13.0 Å². The number of aliphatic hydroxyl groups excluding tert-OH is 1. The molecule has 1 aliphatic heterocycles. The molecule has 1 atom stereocenters. The lowest BCUT2D eigenvalue weighted by Gasteiger charge is -2.22. The average Bonchev–Trinajstić information content (AvgIpc) is 3.46. The van der Waals surface area contributed by atoms with E-state index in [-0.39, 0.29) is 22.2 Å². The Balaban J connectivity index is 1.67. The number of thiazole rings is 1. The van der Waals surface area contributed by atoms with Crippen LogP contribution in [0, 0.1) is 10.1 Å². The molecule has 38 heavy (non-hydrogen) atoms. The molecular formula is C27H21N3O7S. The third kappa shape index (κ3) is 4.33. The molecule has 192 valence electrons. The van der Waals surface area contributed by atoms with Crippen LogP contribution in [0.25, 0.3) is 16.0 Å². The molecule has 1 N–H and O–H groups in total. The molecule has 1 aromatic heterocycles. The van der Waals surface area contributed by atoms with Gasteiger partial charge in [0, 0.05) is 17.7 Å². The summed E-state index contributed by atoms with van der Waals surface area (Å²) in [5.41, 5.74) is 1.02. The summed E-state index contributed by atoms with van der Waals surface area (Å²) < 4.78 is 11.5. The van der Waals surface area contributed by atoms with Gasteiger partial charge in [0.05, 0.1) is 40.5 Å². The fraction of sp³-hybridized carbons (Fsp3) is 0.148. The fourth-order valence-electron chi connectivity index (χ4n) is 4.28. The number of nitro benzene ring substituents is 1. The predicted molar refractivity (Wildman–Crippen MR) is 142 cm³/mol. The lowest BCUT2D eigenvalue weighted by molar-refractivity contribution is -0.384. The molecule has 0 unspecified atom stereocenters. The minimum Gasteiger partial charge on any atom is -0.507 e. The van der Waals surface area contributed by atoms with E-state index in [9.17, 15) is 24.8 Å². The van der Waals surface area contributed by atoms with Crippen LogP contribution in [0.1, 0.15) is 24.1 Å². The molecule has 11 heteroatoms. The Kier molecular flexibility index (Phi) is 6.52. The number of carbonyl (C=O) groups is 2. The summed E-state index contributed by atoms with van der Waals surface area (Å²) >= 11 is 1.19. The second kappa shape index (κ2) is 9.94. The highest BCUT2D eigenvalue weighted by Crippen LogP contribution is 2.45. The first-order valence-corrected chi connectivity index (χ1v) is 12.4. The molecule has 1 amide bonds. The summed E-state index contributed by atoms with van der Waals surface area (Å²) in [6.07, 6.45) is 0. The van der Waals surface area contributed by atoms with Crippen LogP contribution < -0.4 is 14.4 Å². The van der Waals surface area contributed by atoms with Crippen LogP contribution in [0.2, 0.25) is 0 Å². The van der Waals surface area contributed by atoms with Crippen molar-refractivity contribution in [2.24, 2.45) is 0 Å². The smallest absolute Gasteiger partial charge is 0.301 e. The Bertz CT molecular complexity index is 1590. The number of ether oxygens (including phenoxy) is 2. The van der Waals surface area contributed by atoms with Gasteiger partial charge >= 0.3 is 5.91 Å². The van der Waals surface area contributed by atoms with Crippen molar-refractivity contribution in [1.29, 1.82) is 0 Å². The third-order valence-electron chi connectivity index (χ3n) is 6.09. The topological polar surface area (TPSA) is 132 Å². The van der Waals surface area contributed by atoms with Crippen molar-refractivity contribution >= 4 is 49.8 Å². The molecule has 4 aromatic rings. The van der Waals surface area contributed by atoms with Gasteiger partial charge in [0.25, 0.3) is 11.5 Å². The van der Waals surface area contributed by atoms with Crippen molar-refractivity contribution in [2.75, 3.05) is 18.6 Å². The number of hydrogen-bond donors (Lipinski definition) is 1. The number of methoxy groups -OCH3 is 1. The Morgan fingerprint density at radius 2 is 1.76 bits per heavy atom. The zero-order valence-electron chi connectivity index (χ0n) is 20.3. The van der Waals surface area contributed by atoms with E-state index in [1.807, 2.05) is 6.92 Å². The van der Waals surface area contributed by atoms with Crippen LogP contribution in [0.3, 0.4) is 0 Å². The van der Waals surface area contributed by atoms with Gasteiger partial charge in [-0.15, -0.1) is 0 Å². The number of aliphatic hydroxyl groups is 1. The normalized spacial score (nSPS) is 16.7. The van der Waals surface area contributed by atoms with E-state index in [2.05, 4.69) is 4.98 Å². The summed E-state index contributed by atoms with van der Waals surface area (Å²) in [5.74, 6) is -0.943. The minimum absolute atomic E-state index is 0.148. The Labute approximate surface area is 220 Å². The lowest BCUT2D eigenvalue weighted by Crippen LogP contribution is -2.29. The molecule has 0 radical (unpaired) electrons. The highest BCUT2D eigenvalue weighted by molar-refractivity contribution is 7.22. The summed E-state index contributed by atoms with van der Waals surface area (Å²) in [7, 11) is 1.54. The van der Waals surface area contributed by atoms with Crippen LogP contribution >= 0.6 is 11.3 Å². The number of carbonyl (C=O) groups excluding carboxylic acids is 2. The van der Waals surface area contributed by atoms with Crippen molar-refractivity contribution in [1.82, 2.24) is 4.98 Å². The highest BCUT2D eigenvalue weighted by atomic mass is 32.1. The minimum atomic E-state index is -1.06. The molecule has 1 aliphatic rings. The van der Waals surface area contributed by atoms with Gasteiger partial charge in [-0.1, -0.05) is 11.3 Å². The number of fused-ring (bicyclic) bond motifs is 1. The predicted octanol–water partition coefficient (Wildman–Crippen LogP) is 5.24. The van der Waals surface area contributed by atoms with Gasteiger partial charge in [-0.25, -0.2) is 4.98 Å². The number of nitro groups is 1. The quantitative estimate of drug-likeness (QED) is 0.113. The zero-order chi connectivity index (χ0) is 27.0. The van der Waals surface area contributed by atoms with Gasteiger partial charge in [-0.3, -0.25) is 24.6 Å². The largest absolute Gasteiger partial charge is 0.507 e. The van der Waals surface area contributed by atoms with Gasteiger partial charge < -0.3 is 14.6 Å². The first-order valence-electron chi connectivity index (χ1n) is 11.6. The molecule has 0 spiro atoms. The lowest BCUT2D eigenvalue weighted by atomic mass is 9.95. The number of amides is 1. The van der Waals surface area contributed by atoms with Crippen LogP contribution in [-0.4, -0.2) is 40.4 Å². The number of aromatic nitrogens is 1. The Morgan fingerprint density at radius 1 is 1.08 bits per heavy atom. The maximum absolute atomic E-state index is 13.4. The fourth-order valence-corrected chi connectivity index (χ4v) is 5.30. The molecule has 0 saturated carbocycles. The Hall–Kier alpha value is -4.77. The number of benzene rings is 3. The highest BCUT2D eigenvalue weighted by Gasteiger charge is 2.48. The zero-order valence-corrected chi connectivity index (χ0v) is 21.1. The molecule has 10 nitrogen and oxygen atoms in total. The van der Waals surface area contributed by atoms with Crippen LogP contribution in [0.15, 0.2) is 72.3 Å². The van der Waals surface area contributed by atoms with Crippen molar-refractivity contribution in [3.8, 4) is 11.5 Å². The second-order valence-corrected chi connectivity index (χ2v) is 9.31. The maximum atomic E-state index is 13.4. The van der Waals surface area contributed by atoms with Crippen molar-refractivity contribution < 1.29 is 29.1 Å².